The maximum Gasteiger partial charge on any atom is 0.245 e. The van der Waals surface area contributed by atoms with Crippen molar-refractivity contribution in [1.29, 1.82) is 0 Å². The lowest BCUT2D eigenvalue weighted by molar-refractivity contribution is -0.142. The molecule has 3 aromatic rings. The first-order valence-electron chi connectivity index (χ1n) is 15.9. The van der Waals surface area contributed by atoms with E-state index in [4.69, 9.17) is 0 Å². The molecule has 4 atom stereocenters. The highest BCUT2D eigenvalue weighted by Gasteiger charge is 2.38. The summed E-state index contributed by atoms with van der Waals surface area (Å²) in [4.78, 5) is 44.7. The van der Waals surface area contributed by atoms with E-state index in [1.807, 2.05) is 17.0 Å². The number of fused-ring (bicyclic) bond motifs is 1. The largest absolute Gasteiger partial charge is 0.358 e. The Hall–Kier alpha value is -3.82. The van der Waals surface area contributed by atoms with Crippen LogP contribution in [0.3, 0.4) is 0 Å². The molecule has 0 aromatic heterocycles. The summed E-state index contributed by atoms with van der Waals surface area (Å²) in [5, 5.41) is 11.4. The van der Waals surface area contributed by atoms with Crippen LogP contribution in [-0.2, 0) is 27.2 Å². The summed E-state index contributed by atoms with van der Waals surface area (Å²) in [6, 6.07) is 19.1. The molecule has 0 spiro atoms. The van der Waals surface area contributed by atoms with E-state index in [1.165, 1.54) is 12.1 Å². The lowest BCUT2D eigenvalue weighted by atomic mass is 9.97. The predicted octanol–water partition coefficient (Wildman–Crippen LogP) is 3.43. The van der Waals surface area contributed by atoms with Crippen molar-refractivity contribution < 1.29 is 18.8 Å². The average Bonchev–Trinajstić information content (AvgIpc) is 3.59. The lowest BCUT2D eigenvalue weighted by Crippen LogP contribution is -2.63. The van der Waals surface area contributed by atoms with Gasteiger partial charge in [0.2, 0.25) is 17.7 Å². The van der Waals surface area contributed by atoms with Crippen LogP contribution in [0.4, 0.5) is 4.39 Å². The Kier molecular flexibility index (Phi) is 10.6. The normalized spacial score (nSPS) is 20.3. The van der Waals surface area contributed by atoms with Crippen molar-refractivity contribution in [2.45, 2.75) is 69.6 Å². The molecular formula is C35H44FN5O3. The summed E-state index contributed by atoms with van der Waals surface area (Å²) in [6.07, 6.45) is 4.15. The number of benzene rings is 3. The summed E-state index contributed by atoms with van der Waals surface area (Å²) < 4.78 is 13.6. The van der Waals surface area contributed by atoms with Gasteiger partial charge in [0.25, 0.3) is 0 Å². The molecule has 5 rings (SSSR count). The molecule has 0 bridgehead atoms. The molecule has 2 heterocycles. The number of rotatable bonds is 11. The lowest BCUT2D eigenvalue weighted by Gasteiger charge is -2.45. The molecule has 2 aliphatic heterocycles. The van der Waals surface area contributed by atoms with E-state index in [2.05, 4.69) is 58.1 Å². The molecule has 0 saturated carbocycles. The topological polar surface area (TPSA) is 93.8 Å². The van der Waals surface area contributed by atoms with Crippen LogP contribution in [0.2, 0.25) is 0 Å². The molecule has 3 amide bonds. The standard InChI is InChI=1S/C35H44FN5O3/c1-3-7-29-23-40(32(34(43)37-2)22-25-11-14-26-8-4-5-9-27(26)20-25)18-19-41(29)35(44)31(21-24-12-15-28(36)16-13-24)39-33(42)30-10-6-17-38-30/h4-5,8-9,11-16,20,29-32,38H,3,6-7,10,17-19,21-23H2,1-2H3,(H,37,43)(H,39,42). The molecule has 9 heteroatoms. The second-order valence-electron chi connectivity index (χ2n) is 12.0. The van der Waals surface area contributed by atoms with Crippen LogP contribution in [0, 0.1) is 5.82 Å². The van der Waals surface area contributed by atoms with Crippen molar-refractivity contribution in [3.05, 3.63) is 83.7 Å². The summed E-state index contributed by atoms with van der Waals surface area (Å²) in [7, 11) is 1.67. The molecule has 2 aliphatic rings. The minimum Gasteiger partial charge on any atom is -0.358 e. The van der Waals surface area contributed by atoms with Gasteiger partial charge in [-0.05, 0) is 66.3 Å². The molecule has 3 aromatic carbocycles. The molecular weight excluding hydrogens is 557 g/mol. The van der Waals surface area contributed by atoms with Crippen LogP contribution < -0.4 is 16.0 Å². The first-order valence-corrected chi connectivity index (χ1v) is 15.9. The third-order valence-corrected chi connectivity index (χ3v) is 9.00. The van der Waals surface area contributed by atoms with Gasteiger partial charge in [0.05, 0.1) is 12.1 Å². The van der Waals surface area contributed by atoms with Crippen molar-refractivity contribution in [2.24, 2.45) is 0 Å². The Morgan fingerprint density at radius 3 is 2.43 bits per heavy atom. The number of carbonyl (C=O) groups is 3. The Morgan fingerprint density at radius 1 is 0.977 bits per heavy atom. The predicted molar refractivity (Wildman–Crippen MR) is 171 cm³/mol. The van der Waals surface area contributed by atoms with Gasteiger partial charge in [0.1, 0.15) is 11.9 Å². The summed E-state index contributed by atoms with van der Waals surface area (Å²) >= 11 is 0. The van der Waals surface area contributed by atoms with Crippen LogP contribution in [0.15, 0.2) is 66.7 Å². The van der Waals surface area contributed by atoms with Crippen molar-refractivity contribution >= 4 is 28.5 Å². The van der Waals surface area contributed by atoms with Crippen LogP contribution in [-0.4, -0.2) is 84.9 Å². The summed E-state index contributed by atoms with van der Waals surface area (Å²) in [5.41, 5.74) is 1.87. The van der Waals surface area contributed by atoms with Gasteiger partial charge in [0.15, 0.2) is 0 Å². The van der Waals surface area contributed by atoms with Crippen LogP contribution >= 0.6 is 0 Å². The number of amides is 3. The highest BCUT2D eigenvalue weighted by Crippen LogP contribution is 2.23. The maximum atomic E-state index is 14.2. The molecule has 0 aliphatic carbocycles. The highest BCUT2D eigenvalue weighted by molar-refractivity contribution is 5.90. The fraction of sp³-hybridized carbons (Fsp3) is 0.457. The van der Waals surface area contributed by atoms with Gasteiger partial charge < -0.3 is 20.9 Å². The molecule has 8 nitrogen and oxygen atoms in total. The van der Waals surface area contributed by atoms with Gasteiger partial charge in [-0.2, -0.15) is 0 Å². The molecule has 2 fully saturated rings. The van der Waals surface area contributed by atoms with Crippen LogP contribution in [0.5, 0.6) is 0 Å². The number of hydrogen-bond acceptors (Lipinski definition) is 5. The van der Waals surface area contributed by atoms with Gasteiger partial charge >= 0.3 is 0 Å². The Labute approximate surface area is 259 Å². The highest BCUT2D eigenvalue weighted by atomic mass is 19.1. The molecule has 4 unspecified atom stereocenters. The van der Waals surface area contributed by atoms with E-state index in [-0.39, 0.29) is 48.1 Å². The van der Waals surface area contributed by atoms with Crippen molar-refractivity contribution in [2.75, 3.05) is 33.2 Å². The van der Waals surface area contributed by atoms with E-state index >= 15 is 0 Å². The first-order chi connectivity index (χ1) is 21.4. The zero-order chi connectivity index (χ0) is 31.1. The van der Waals surface area contributed by atoms with Gasteiger partial charge in [-0.25, -0.2) is 4.39 Å². The fourth-order valence-corrected chi connectivity index (χ4v) is 6.61. The second kappa shape index (κ2) is 14.8. The van der Waals surface area contributed by atoms with Gasteiger partial charge in [-0.15, -0.1) is 0 Å². The minimum absolute atomic E-state index is 0.0429. The zero-order valence-corrected chi connectivity index (χ0v) is 25.7. The Balaban J connectivity index is 1.34. The third kappa shape index (κ3) is 7.63. The van der Waals surface area contributed by atoms with E-state index in [9.17, 15) is 18.8 Å². The van der Waals surface area contributed by atoms with Crippen LogP contribution in [0.25, 0.3) is 10.8 Å². The van der Waals surface area contributed by atoms with Gasteiger partial charge in [-0.3, -0.25) is 19.3 Å². The van der Waals surface area contributed by atoms with Crippen LogP contribution in [0.1, 0.15) is 43.7 Å². The number of halogens is 1. The monoisotopic (exact) mass is 601 g/mol. The third-order valence-electron chi connectivity index (χ3n) is 9.00. The smallest absolute Gasteiger partial charge is 0.245 e. The SMILES string of the molecule is CCCC1CN(C(Cc2ccc3ccccc3c2)C(=O)NC)CCN1C(=O)C(Cc1ccc(F)cc1)NC(=O)C1CCCN1. The number of hydrogen-bond donors (Lipinski definition) is 3. The number of nitrogens with one attached hydrogen (secondary N) is 3. The van der Waals surface area contributed by atoms with Crippen molar-refractivity contribution in [3.63, 3.8) is 0 Å². The maximum absolute atomic E-state index is 14.2. The average molecular weight is 602 g/mol. The molecule has 3 N–H and O–H groups in total. The molecule has 2 saturated heterocycles. The fourth-order valence-electron chi connectivity index (χ4n) is 6.61. The van der Waals surface area contributed by atoms with Crippen molar-refractivity contribution in [1.82, 2.24) is 25.8 Å². The molecule has 44 heavy (non-hydrogen) atoms. The number of likely N-dealkylation sites (N-methyl/N-ethyl adjacent to an activating group) is 1. The van der Waals surface area contributed by atoms with E-state index in [0.717, 1.165) is 54.1 Å². The van der Waals surface area contributed by atoms with E-state index in [0.29, 0.717) is 26.1 Å². The number of piperazine rings is 1. The first kappa shape index (κ1) is 31.6. The minimum atomic E-state index is -0.770. The number of nitrogens with zero attached hydrogens (tertiary/aromatic N) is 2. The summed E-state index contributed by atoms with van der Waals surface area (Å²) in [6.45, 7) is 4.43. The van der Waals surface area contributed by atoms with Gasteiger partial charge in [0, 0.05) is 39.1 Å². The van der Waals surface area contributed by atoms with Gasteiger partial charge in [-0.1, -0.05) is 67.9 Å². The zero-order valence-electron chi connectivity index (χ0n) is 25.7. The number of carbonyl (C=O) groups excluding carboxylic acids is 3. The van der Waals surface area contributed by atoms with Crippen molar-refractivity contribution in [3.8, 4) is 0 Å². The molecule has 234 valence electrons. The summed E-state index contributed by atoms with van der Waals surface area (Å²) in [5.74, 6) is -0.698. The molecule has 0 radical (unpaired) electrons. The second-order valence-corrected chi connectivity index (χ2v) is 12.0. The van der Waals surface area contributed by atoms with E-state index < -0.39 is 6.04 Å². The Bertz CT molecular complexity index is 1440. The quantitative estimate of drug-likeness (QED) is 0.313. The van der Waals surface area contributed by atoms with E-state index in [1.54, 1.807) is 19.2 Å². The Morgan fingerprint density at radius 2 is 1.73 bits per heavy atom.